The largest absolute Gasteiger partial charge is 0.370 e. The van der Waals surface area contributed by atoms with Crippen LogP contribution in [0.25, 0.3) is 0 Å². The summed E-state index contributed by atoms with van der Waals surface area (Å²) in [6, 6.07) is 3.41. The Morgan fingerprint density at radius 3 is 2.95 bits per heavy atom. The number of amides is 1. The molecular weight excluding hydrogens is 272 g/mol. The van der Waals surface area contributed by atoms with Crippen LogP contribution in [0.3, 0.4) is 0 Å². The van der Waals surface area contributed by atoms with Crippen LogP contribution in [0.1, 0.15) is 40.9 Å². The highest BCUT2D eigenvalue weighted by molar-refractivity contribution is 7.09. The average Bonchev–Trinajstić information content (AvgIpc) is 2.86. The molecule has 0 aliphatic heterocycles. The molecular formula is C14H18N4OS. The second kappa shape index (κ2) is 6.47. The maximum Gasteiger partial charge on any atom is 0.255 e. The lowest BCUT2D eigenvalue weighted by Crippen LogP contribution is -2.27. The average molecular weight is 290 g/mol. The summed E-state index contributed by atoms with van der Waals surface area (Å²) in [6.45, 7) is 6.56. The molecule has 106 valence electrons. The van der Waals surface area contributed by atoms with Gasteiger partial charge in [0, 0.05) is 23.8 Å². The van der Waals surface area contributed by atoms with Crippen LogP contribution in [0.4, 0.5) is 5.82 Å². The lowest BCUT2D eigenvalue weighted by atomic mass is 10.2. The quantitative estimate of drug-likeness (QED) is 0.888. The molecule has 2 heterocycles. The zero-order valence-corrected chi connectivity index (χ0v) is 12.6. The van der Waals surface area contributed by atoms with Crippen molar-refractivity contribution in [1.82, 2.24) is 15.3 Å². The van der Waals surface area contributed by atoms with Crippen molar-refractivity contribution in [3.8, 4) is 0 Å². The Kier molecular flexibility index (Phi) is 4.68. The van der Waals surface area contributed by atoms with E-state index in [1.807, 2.05) is 26.2 Å². The molecule has 0 spiro atoms. The number of hydrogen-bond acceptors (Lipinski definition) is 5. The van der Waals surface area contributed by atoms with E-state index < -0.39 is 0 Å². The first-order chi connectivity index (χ1) is 9.61. The van der Waals surface area contributed by atoms with Crippen LogP contribution in [0.15, 0.2) is 23.7 Å². The molecule has 0 bridgehead atoms. The molecule has 0 aliphatic carbocycles. The summed E-state index contributed by atoms with van der Waals surface area (Å²) < 4.78 is 0. The van der Waals surface area contributed by atoms with Crippen LogP contribution in [0.5, 0.6) is 0 Å². The molecule has 6 heteroatoms. The third-order valence-corrected chi connectivity index (χ3v) is 3.90. The number of aromatic nitrogens is 2. The van der Waals surface area contributed by atoms with E-state index in [9.17, 15) is 4.79 Å². The third kappa shape index (κ3) is 3.33. The topological polar surface area (TPSA) is 66.9 Å². The monoisotopic (exact) mass is 290 g/mol. The number of nitrogens with zero attached hydrogens (tertiary/aromatic N) is 2. The first-order valence-electron chi connectivity index (χ1n) is 6.53. The Balaban J connectivity index is 2.12. The van der Waals surface area contributed by atoms with Crippen molar-refractivity contribution in [2.24, 2.45) is 0 Å². The van der Waals surface area contributed by atoms with Gasteiger partial charge in [0.2, 0.25) is 0 Å². The molecule has 0 saturated heterocycles. The number of aryl methyl sites for hydroxylation is 1. The van der Waals surface area contributed by atoms with Gasteiger partial charge in [-0.25, -0.2) is 9.97 Å². The van der Waals surface area contributed by atoms with Gasteiger partial charge in [0.15, 0.2) is 0 Å². The van der Waals surface area contributed by atoms with Crippen molar-refractivity contribution < 1.29 is 4.79 Å². The van der Waals surface area contributed by atoms with Gasteiger partial charge in [-0.15, -0.1) is 11.3 Å². The zero-order valence-electron chi connectivity index (χ0n) is 11.8. The Bertz CT molecular complexity index is 596. The van der Waals surface area contributed by atoms with Gasteiger partial charge in [-0.2, -0.15) is 0 Å². The van der Waals surface area contributed by atoms with Gasteiger partial charge >= 0.3 is 0 Å². The maximum absolute atomic E-state index is 12.3. The van der Waals surface area contributed by atoms with E-state index in [2.05, 4.69) is 20.6 Å². The van der Waals surface area contributed by atoms with E-state index in [4.69, 9.17) is 0 Å². The normalized spacial score (nSPS) is 11.9. The van der Waals surface area contributed by atoms with Crippen LogP contribution in [0.2, 0.25) is 0 Å². The third-order valence-electron chi connectivity index (χ3n) is 2.75. The summed E-state index contributed by atoms with van der Waals surface area (Å²) in [5.74, 6) is 0.462. The van der Waals surface area contributed by atoms with E-state index in [1.165, 1.54) is 0 Å². The smallest absolute Gasteiger partial charge is 0.255 e. The summed E-state index contributed by atoms with van der Waals surface area (Å²) in [5.41, 5.74) is 1.52. The summed E-state index contributed by atoms with van der Waals surface area (Å²) in [5, 5.41) is 8.93. The van der Waals surface area contributed by atoms with E-state index in [0.29, 0.717) is 11.4 Å². The van der Waals surface area contributed by atoms with Gasteiger partial charge < -0.3 is 10.6 Å². The van der Waals surface area contributed by atoms with Crippen molar-refractivity contribution in [2.75, 3.05) is 11.9 Å². The second-order valence-electron chi connectivity index (χ2n) is 4.45. The Labute approximate surface area is 122 Å². The molecule has 0 aliphatic rings. The number of carbonyl (C=O) groups is 1. The fraction of sp³-hybridized carbons (Fsp3) is 0.357. The van der Waals surface area contributed by atoms with E-state index >= 15 is 0 Å². The predicted molar refractivity (Wildman–Crippen MR) is 81.1 cm³/mol. The van der Waals surface area contributed by atoms with Crippen molar-refractivity contribution in [3.05, 3.63) is 40.0 Å². The first kappa shape index (κ1) is 14.5. The highest BCUT2D eigenvalue weighted by atomic mass is 32.1. The molecule has 0 fully saturated rings. The highest BCUT2D eigenvalue weighted by Crippen LogP contribution is 2.19. The maximum atomic E-state index is 12.3. The Hall–Kier alpha value is -1.95. The molecule has 2 N–H and O–H groups in total. The summed E-state index contributed by atoms with van der Waals surface area (Å²) in [4.78, 5) is 20.9. The van der Waals surface area contributed by atoms with Crippen LogP contribution in [-0.2, 0) is 0 Å². The van der Waals surface area contributed by atoms with Gasteiger partial charge in [0.1, 0.15) is 10.8 Å². The molecule has 20 heavy (non-hydrogen) atoms. The second-order valence-corrected chi connectivity index (χ2v) is 5.34. The molecule has 0 aromatic carbocycles. The van der Waals surface area contributed by atoms with E-state index in [1.54, 1.807) is 29.7 Å². The van der Waals surface area contributed by atoms with Gasteiger partial charge in [0.25, 0.3) is 5.91 Å². The fourth-order valence-corrected chi connectivity index (χ4v) is 2.61. The van der Waals surface area contributed by atoms with Gasteiger partial charge in [-0.1, -0.05) is 0 Å². The van der Waals surface area contributed by atoms with Gasteiger partial charge in [-0.05, 0) is 32.9 Å². The predicted octanol–water partition coefficient (Wildman–Crippen LogP) is 2.77. The molecule has 2 aromatic heterocycles. The Morgan fingerprint density at radius 1 is 1.50 bits per heavy atom. The SMILES string of the molecule is CCNc1ncccc1C(=O)NC(C)c1nc(C)cs1. The van der Waals surface area contributed by atoms with Crippen molar-refractivity contribution in [3.63, 3.8) is 0 Å². The summed E-state index contributed by atoms with van der Waals surface area (Å²) in [6.07, 6.45) is 1.67. The molecule has 0 radical (unpaired) electrons. The molecule has 5 nitrogen and oxygen atoms in total. The Morgan fingerprint density at radius 2 is 2.30 bits per heavy atom. The fourth-order valence-electron chi connectivity index (χ4n) is 1.80. The number of anilines is 1. The van der Waals surface area contributed by atoms with E-state index in [-0.39, 0.29) is 11.9 Å². The standard InChI is InChI=1S/C14H18N4OS/c1-4-15-12-11(6-5-7-16-12)13(19)18-10(3)14-17-9(2)8-20-14/h5-8,10H,4H2,1-3H3,(H,15,16)(H,18,19). The lowest BCUT2D eigenvalue weighted by Gasteiger charge is -2.13. The first-order valence-corrected chi connectivity index (χ1v) is 7.41. The molecule has 1 amide bonds. The van der Waals surface area contributed by atoms with Gasteiger partial charge in [0.05, 0.1) is 11.6 Å². The van der Waals surface area contributed by atoms with E-state index in [0.717, 1.165) is 17.2 Å². The zero-order chi connectivity index (χ0) is 14.5. The highest BCUT2D eigenvalue weighted by Gasteiger charge is 2.16. The van der Waals surface area contributed by atoms with Crippen LogP contribution < -0.4 is 10.6 Å². The van der Waals surface area contributed by atoms with Gasteiger partial charge in [-0.3, -0.25) is 4.79 Å². The van der Waals surface area contributed by atoms with Crippen molar-refractivity contribution >= 4 is 23.1 Å². The number of carbonyl (C=O) groups excluding carboxylic acids is 1. The van der Waals surface area contributed by atoms with Crippen molar-refractivity contribution in [1.29, 1.82) is 0 Å². The van der Waals surface area contributed by atoms with Crippen molar-refractivity contribution in [2.45, 2.75) is 26.8 Å². The van der Waals surface area contributed by atoms with Crippen LogP contribution in [-0.4, -0.2) is 22.4 Å². The lowest BCUT2D eigenvalue weighted by molar-refractivity contribution is 0.0940. The minimum Gasteiger partial charge on any atom is -0.370 e. The minimum absolute atomic E-state index is 0.115. The van der Waals surface area contributed by atoms with Crippen LogP contribution in [0, 0.1) is 6.92 Å². The minimum atomic E-state index is -0.144. The number of nitrogens with one attached hydrogen (secondary N) is 2. The number of thiazole rings is 1. The molecule has 2 rings (SSSR count). The number of hydrogen-bond donors (Lipinski definition) is 2. The molecule has 1 atom stereocenters. The number of pyridine rings is 1. The molecule has 0 saturated carbocycles. The molecule has 1 unspecified atom stereocenters. The molecule has 2 aromatic rings. The number of rotatable bonds is 5. The summed E-state index contributed by atoms with van der Waals surface area (Å²) >= 11 is 1.55. The summed E-state index contributed by atoms with van der Waals surface area (Å²) in [7, 11) is 0. The van der Waals surface area contributed by atoms with Crippen LogP contribution >= 0.6 is 11.3 Å².